The molecule has 0 radical (unpaired) electrons. The van der Waals surface area contributed by atoms with Crippen molar-refractivity contribution in [3.05, 3.63) is 30.1 Å². The molecule has 2 amide bonds. The summed E-state index contributed by atoms with van der Waals surface area (Å²) in [5.74, 6) is -0.115. The van der Waals surface area contributed by atoms with E-state index in [2.05, 4.69) is 4.98 Å². The van der Waals surface area contributed by atoms with Crippen molar-refractivity contribution in [1.82, 2.24) is 9.88 Å². The van der Waals surface area contributed by atoms with Crippen LogP contribution in [0, 0.1) is 0 Å². The summed E-state index contributed by atoms with van der Waals surface area (Å²) < 4.78 is 0. The largest absolute Gasteiger partial charge is 0.282 e. The molecule has 0 saturated carbocycles. The number of carbonyl (C=O) groups excluding carboxylic acids is 2. The number of amides is 2. The molecule has 2 heterocycles. The molecule has 96 valence electrons. The van der Waals surface area contributed by atoms with E-state index in [9.17, 15) is 9.59 Å². The molecular formula is C14H18N2O2. The van der Waals surface area contributed by atoms with Crippen molar-refractivity contribution in [1.29, 1.82) is 0 Å². The fourth-order valence-corrected chi connectivity index (χ4v) is 2.72. The van der Waals surface area contributed by atoms with Gasteiger partial charge >= 0.3 is 0 Å². The van der Waals surface area contributed by atoms with Gasteiger partial charge in [-0.3, -0.25) is 19.5 Å². The summed E-state index contributed by atoms with van der Waals surface area (Å²) in [6.45, 7) is 4.29. The second kappa shape index (κ2) is 4.88. The average Bonchev–Trinajstić information content (AvgIpc) is 2.41. The van der Waals surface area contributed by atoms with Crippen molar-refractivity contribution in [3.63, 3.8) is 0 Å². The Morgan fingerprint density at radius 2 is 1.94 bits per heavy atom. The monoisotopic (exact) mass is 246 g/mol. The lowest BCUT2D eigenvalue weighted by molar-refractivity contribution is -0.153. The van der Waals surface area contributed by atoms with Crippen LogP contribution < -0.4 is 0 Å². The number of likely N-dealkylation sites (tertiary alicyclic amines) is 1. The zero-order valence-electron chi connectivity index (χ0n) is 10.8. The third kappa shape index (κ3) is 1.82. The van der Waals surface area contributed by atoms with Gasteiger partial charge in [-0.05, 0) is 37.5 Å². The summed E-state index contributed by atoms with van der Waals surface area (Å²) in [6.07, 6.45) is 5.15. The average molecular weight is 246 g/mol. The predicted octanol–water partition coefficient (Wildman–Crippen LogP) is 1.90. The molecule has 1 atom stereocenters. The second-order valence-corrected chi connectivity index (χ2v) is 4.61. The van der Waals surface area contributed by atoms with Crippen molar-refractivity contribution in [3.8, 4) is 0 Å². The van der Waals surface area contributed by atoms with E-state index in [1.807, 2.05) is 26.0 Å². The van der Waals surface area contributed by atoms with E-state index in [-0.39, 0.29) is 11.8 Å². The topological polar surface area (TPSA) is 50.3 Å². The fraction of sp³-hybridized carbons (Fsp3) is 0.500. The zero-order valence-corrected chi connectivity index (χ0v) is 10.8. The van der Waals surface area contributed by atoms with Gasteiger partial charge in [-0.25, -0.2) is 0 Å². The van der Waals surface area contributed by atoms with Crippen molar-refractivity contribution in [2.75, 3.05) is 6.54 Å². The Hall–Kier alpha value is -1.71. The minimum Gasteiger partial charge on any atom is -0.282 e. The Kier molecular flexibility index (Phi) is 3.45. The van der Waals surface area contributed by atoms with Crippen LogP contribution in [0.1, 0.15) is 38.7 Å². The number of piperidine rings is 1. The molecule has 1 aromatic rings. The summed E-state index contributed by atoms with van der Waals surface area (Å²) >= 11 is 0. The minimum absolute atomic E-state index is 0.0550. The van der Waals surface area contributed by atoms with E-state index in [1.54, 1.807) is 12.4 Å². The van der Waals surface area contributed by atoms with E-state index in [1.165, 1.54) is 4.90 Å². The molecule has 0 unspecified atom stereocenters. The standard InChI is InChI=1S/C14H18N2O2/c1-3-14(11-6-9-15-10-7-11)8-5-12(17)16(4-2)13(14)18/h6-7,9-10H,3-5,8H2,1-2H3/t14-/m1/s1. The summed E-state index contributed by atoms with van der Waals surface area (Å²) in [5.41, 5.74) is 0.420. The van der Waals surface area contributed by atoms with E-state index in [0.29, 0.717) is 25.8 Å². The first-order chi connectivity index (χ1) is 8.65. The lowest BCUT2D eigenvalue weighted by Crippen LogP contribution is -2.53. The molecule has 1 saturated heterocycles. The Balaban J connectivity index is 2.45. The zero-order chi connectivity index (χ0) is 13.2. The molecule has 1 aliphatic rings. The number of carbonyl (C=O) groups is 2. The summed E-state index contributed by atoms with van der Waals surface area (Å²) in [4.78, 5) is 29.7. The summed E-state index contributed by atoms with van der Waals surface area (Å²) in [6, 6.07) is 3.76. The molecule has 0 aliphatic carbocycles. The molecule has 0 bridgehead atoms. The van der Waals surface area contributed by atoms with Crippen LogP contribution in [0.5, 0.6) is 0 Å². The maximum absolute atomic E-state index is 12.6. The Morgan fingerprint density at radius 3 is 2.50 bits per heavy atom. The molecule has 4 heteroatoms. The van der Waals surface area contributed by atoms with Gasteiger partial charge in [0, 0.05) is 25.4 Å². The molecule has 4 nitrogen and oxygen atoms in total. The SMILES string of the molecule is CCN1C(=O)CC[C@](CC)(c2ccncc2)C1=O. The number of hydrogen-bond acceptors (Lipinski definition) is 3. The fourth-order valence-electron chi connectivity index (χ4n) is 2.72. The highest BCUT2D eigenvalue weighted by Gasteiger charge is 2.46. The van der Waals surface area contributed by atoms with Crippen molar-refractivity contribution in [2.24, 2.45) is 0 Å². The maximum atomic E-state index is 12.6. The van der Waals surface area contributed by atoms with Gasteiger partial charge in [0.15, 0.2) is 0 Å². The van der Waals surface area contributed by atoms with Crippen LogP contribution in [0.4, 0.5) is 0 Å². The first-order valence-corrected chi connectivity index (χ1v) is 6.41. The first kappa shape index (κ1) is 12.7. The van der Waals surface area contributed by atoms with Crippen LogP contribution in [-0.4, -0.2) is 28.2 Å². The van der Waals surface area contributed by atoms with Crippen molar-refractivity contribution >= 4 is 11.8 Å². The number of nitrogens with zero attached hydrogens (tertiary/aromatic N) is 2. The molecule has 0 N–H and O–H groups in total. The highest BCUT2D eigenvalue weighted by Crippen LogP contribution is 2.38. The van der Waals surface area contributed by atoms with E-state index in [0.717, 1.165) is 5.56 Å². The first-order valence-electron chi connectivity index (χ1n) is 6.41. The third-order valence-corrected chi connectivity index (χ3v) is 3.87. The van der Waals surface area contributed by atoms with Crippen molar-refractivity contribution < 1.29 is 9.59 Å². The van der Waals surface area contributed by atoms with Gasteiger partial charge in [-0.15, -0.1) is 0 Å². The molecule has 2 rings (SSSR count). The number of hydrogen-bond donors (Lipinski definition) is 0. The molecule has 1 aliphatic heterocycles. The molecule has 0 aromatic carbocycles. The number of rotatable bonds is 3. The van der Waals surface area contributed by atoms with Crippen LogP contribution in [-0.2, 0) is 15.0 Å². The lowest BCUT2D eigenvalue weighted by Gasteiger charge is -2.40. The van der Waals surface area contributed by atoms with Gasteiger partial charge in [0.2, 0.25) is 11.8 Å². The maximum Gasteiger partial charge on any atom is 0.239 e. The lowest BCUT2D eigenvalue weighted by atomic mass is 9.71. The molecule has 18 heavy (non-hydrogen) atoms. The van der Waals surface area contributed by atoms with Crippen LogP contribution >= 0.6 is 0 Å². The minimum atomic E-state index is -0.549. The van der Waals surface area contributed by atoms with Gasteiger partial charge in [0.1, 0.15) is 0 Å². The van der Waals surface area contributed by atoms with Gasteiger partial charge < -0.3 is 0 Å². The normalized spacial score (nSPS) is 24.4. The summed E-state index contributed by atoms with van der Waals surface area (Å²) in [7, 11) is 0. The Labute approximate surface area is 107 Å². The number of aromatic nitrogens is 1. The Morgan fingerprint density at radius 1 is 1.28 bits per heavy atom. The Bertz CT molecular complexity index is 458. The molecule has 0 spiro atoms. The molecule has 1 aromatic heterocycles. The van der Waals surface area contributed by atoms with Crippen LogP contribution in [0.15, 0.2) is 24.5 Å². The van der Waals surface area contributed by atoms with Crippen LogP contribution in [0.25, 0.3) is 0 Å². The van der Waals surface area contributed by atoms with Gasteiger partial charge in [0.25, 0.3) is 0 Å². The molecule has 1 fully saturated rings. The van der Waals surface area contributed by atoms with Gasteiger partial charge in [0.05, 0.1) is 5.41 Å². The van der Waals surface area contributed by atoms with Gasteiger partial charge in [-0.1, -0.05) is 6.92 Å². The second-order valence-electron chi connectivity index (χ2n) is 4.61. The van der Waals surface area contributed by atoms with Crippen LogP contribution in [0.3, 0.4) is 0 Å². The number of imide groups is 1. The van der Waals surface area contributed by atoms with Gasteiger partial charge in [-0.2, -0.15) is 0 Å². The van der Waals surface area contributed by atoms with Crippen LogP contribution in [0.2, 0.25) is 0 Å². The predicted molar refractivity (Wildman–Crippen MR) is 67.8 cm³/mol. The van der Waals surface area contributed by atoms with E-state index in [4.69, 9.17) is 0 Å². The van der Waals surface area contributed by atoms with Crippen molar-refractivity contribution in [2.45, 2.75) is 38.5 Å². The van der Waals surface area contributed by atoms with E-state index >= 15 is 0 Å². The highest BCUT2D eigenvalue weighted by molar-refractivity contribution is 6.03. The summed E-state index contributed by atoms with van der Waals surface area (Å²) in [5, 5.41) is 0. The third-order valence-electron chi connectivity index (χ3n) is 3.87. The molecular weight excluding hydrogens is 228 g/mol. The van der Waals surface area contributed by atoms with E-state index < -0.39 is 5.41 Å². The number of pyridine rings is 1. The smallest absolute Gasteiger partial charge is 0.239 e. The number of likely N-dealkylation sites (N-methyl/N-ethyl adjacent to an activating group) is 1. The highest BCUT2D eigenvalue weighted by atomic mass is 16.2. The quantitative estimate of drug-likeness (QED) is 0.765.